The molecular weight excluding hydrogens is 319 g/mol. The Morgan fingerprint density at radius 1 is 1.08 bits per heavy atom. The van der Waals surface area contributed by atoms with Crippen molar-refractivity contribution in [3.8, 4) is 0 Å². The maximum Gasteiger partial charge on any atom is 0.251 e. The summed E-state index contributed by atoms with van der Waals surface area (Å²) in [7, 11) is 0. The molecule has 2 rings (SSSR count). The van der Waals surface area contributed by atoms with E-state index >= 15 is 0 Å². The Morgan fingerprint density at radius 3 is 2.36 bits per heavy atom. The van der Waals surface area contributed by atoms with Crippen LogP contribution in [0.4, 0.5) is 10.1 Å². The van der Waals surface area contributed by atoms with Crippen LogP contribution in [-0.4, -0.2) is 17.9 Å². The van der Waals surface area contributed by atoms with Crippen LogP contribution < -0.4 is 10.6 Å². The largest absolute Gasteiger partial charge is 0.340 e. The van der Waals surface area contributed by atoms with E-state index in [9.17, 15) is 14.0 Å². The molecule has 0 radical (unpaired) electrons. The Bertz CT molecular complexity index is 742. The van der Waals surface area contributed by atoms with Gasteiger partial charge in [0.2, 0.25) is 5.91 Å². The number of amides is 2. The molecule has 0 bridgehead atoms. The van der Waals surface area contributed by atoms with E-state index in [1.165, 1.54) is 24.3 Å². The number of halogens is 1. The van der Waals surface area contributed by atoms with Crippen molar-refractivity contribution >= 4 is 17.5 Å². The zero-order valence-electron chi connectivity index (χ0n) is 14.7. The van der Waals surface area contributed by atoms with Gasteiger partial charge in [-0.3, -0.25) is 9.59 Å². The van der Waals surface area contributed by atoms with Crippen molar-refractivity contribution in [2.24, 2.45) is 5.92 Å². The van der Waals surface area contributed by atoms with E-state index in [1.807, 2.05) is 45.0 Å². The first-order valence-electron chi connectivity index (χ1n) is 8.37. The van der Waals surface area contributed by atoms with Crippen LogP contribution in [0.2, 0.25) is 0 Å². The topological polar surface area (TPSA) is 58.2 Å². The summed E-state index contributed by atoms with van der Waals surface area (Å²) >= 11 is 0. The molecule has 2 aromatic rings. The number of anilines is 1. The van der Waals surface area contributed by atoms with Crippen LogP contribution >= 0.6 is 0 Å². The van der Waals surface area contributed by atoms with Crippen LogP contribution in [0.15, 0.2) is 48.5 Å². The van der Waals surface area contributed by atoms with Gasteiger partial charge in [-0.15, -0.1) is 0 Å². The van der Waals surface area contributed by atoms with Gasteiger partial charge in [-0.25, -0.2) is 4.39 Å². The molecule has 25 heavy (non-hydrogen) atoms. The van der Waals surface area contributed by atoms with E-state index in [4.69, 9.17) is 0 Å². The second-order valence-electron chi connectivity index (χ2n) is 6.25. The van der Waals surface area contributed by atoms with Gasteiger partial charge in [-0.2, -0.15) is 0 Å². The Labute approximate surface area is 147 Å². The molecule has 2 amide bonds. The first-order valence-corrected chi connectivity index (χ1v) is 8.37. The van der Waals surface area contributed by atoms with E-state index in [1.54, 1.807) is 0 Å². The highest BCUT2D eigenvalue weighted by Gasteiger charge is 2.24. The number of hydrogen-bond donors (Lipinski definition) is 2. The molecular formula is C20H23FN2O2. The summed E-state index contributed by atoms with van der Waals surface area (Å²) in [5.74, 6) is -1.20. The molecule has 1 unspecified atom stereocenters. The van der Waals surface area contributed by atoms with Crippen LogP contribution in [0, 0.1) is 11.7 Å². The maximum absolute atomic E-state index is 13.0. The molecule has 4 nitrogen and oxygen atoms in total. The monoisotopic (exact) mass is 342 g/mol. The SMILES string of the molecule is CCc1cccc(NC(=O)C(NC(=O)c2ccc(F)cc2)C(C)C)c1. The highest BCUT2D eigenvalue weighted by molar-refractivity contribution is 6.01. The van der Waals surface area contributed by atoms with Crippen LogP contribution in [0.5, 0.6) is 0 Å². The molecule has 0 aliphatic carbocycles. The Hall–Kier alpha value is -2.69. The lowest BCUT2D eigenvalue weighted by Gasteiger charge is -2.22. The Kier molecular flexibility index (Phi) is 6.28. The predicted octanol–water partition coefficient (Wildman–Crippen LogP) is 3.78. The molecule has 0 aliphatic rings. The Morgan fingerprint density at radius 2 is 1.76 bits per heavy atom. The minimum atomic E-state index is -0.692. The van der Waals surface area contributed by atoms with Gasteiger partial charge >= 0.3 is 0 Å². The number of hydrogen-bond acceptors (Lipinski definition) is 2. The van der Waals surface area contributed by atoms with Crippen LogP contribution in [0.1, 0.15) is 36.7 Å². The van der Waals surface area contributed by atoms with Crippen molar-refractivity contribution in [3.63, 3.8) is 0 Å². The fraction of sp³-hybridized carbons (Fsp3) is 0.300. The molecule has 2 N–H and O–H groups in total. The van der Waals surface area contributed by atoms with Crippen molar-refractivity contribution in [1.29, 1.82) is 0 Å². The zero-order valence-corrected chi connectivity index (χ0v) is 14.7. The summed E-state index contributed by atoms with van der Waals surface area (Å²) in [5, 5.41) is 5.58. The predicted molar refractivity (Wildman–Crippen MR) is 96.9 cm³/mol. The summed E-state index contributed by atoms with van der Waals surface area (Å²) in [6, 6.07) is 12.1. The lowest BCUT2D eigenvalue weighted by Crippen LogP contribution is -2.47. The van der Waals surface area contributed by atoms with Crippen LogP contribution in [0.3, 0.4) is 0 Å². The maximum atomic E-state index is 13.0. The molecule has 5 heteroatoms. The normalized spacial score (nSPS) is 11.9. The number of carbonyl (C=O) groups excluding carboxylic acids is 2. The van der Waals surface area contributed by atoms with Crippen molar-refractivity contribution < 1.29 is 14.0 Å². The number of benzene rings is 2. The standard InChI is InChI=1S/C20H23FN2O2/c1-4-14-6-5-7-17(12-14)22-20(25)18(13(2)3)23-19(24)15-8-10-16(21)11-9-15/h5-13,18H,4H2,1-3H3,(H,22,25)(H,23,24). The summed E-state index contributed by atoms with van der Waals surface area (Å²) in [5.41, 5.74) is 2.13. The van der Waals surface area contributed by atoms with E-state index < -0.39 is 17.8 Å². The van der Waals surface area contributed by atoms with Crippen molar-refractivity contribution in [1.82, 2.24) is 5.32 Å². The van der Waals surface area contributed by atoms with E-state index in [2.05, 4.69) is 10.6 Å². The minimum Gasteiger partial charge on any atom is -0.340 e. The smallest absolute Gasteiger partial charge is 0.251 e. The van der Waals surface area contributed by atoms with Gasteiger partial charge < -0.3 is 10.6 Å². The number of nitrogens with one attached hydrogen (secondary N) is 2. The van der Waals surface area contributed by atoms with Crippen molar-refractivity contribution in [2.75, 3.05) is 5.32 Å². The van der Waals surface area contributed by atoms with Crippen LogP contribution in [-0.2, 0) is 11.2 Å². The third-order valence-electron chi connectivity index (χ3n) is 3.94. The quantitative estimate of drug-likeness (QED) is 0.839. The highest BCUT2D eigenvalue weighted by atomic mass is 19.1. The molecule has 0 saturated heterocycles. The zero-order chi connectivity index (χ0) is 18.4. The summed E-state index contributed by atoms with van der Waals surface area (Å²) in [6.07, 6.45) is 0.874. The minimum absolute atomic E-state index is 0.0984. The van der Waals surface area contributed by atoms with E-state index in [-0.39, 0.29) is 11.8 Å². The number of aryl methyl sites for hydroxylation is 1. The third kappa shape index (κ3) is 5.14. The molecule has 0 saturated carbocycles. The van der Waals surface area contributed by atoms with Gasteiger partial charge in [-0.1, -0.05) is 32.9 Å². The summed E-state index contributed by atoms with van der Waals surface area (Å²) in [6.45, 7) is 5.76. The second-order valence-corrected chi connectivity index (χ2v) is 6.25. The first kappa shape index (κ1) is 18.6. The summed E-state index contributed by atoms with van der Waals surface area (Å²) < 4.78 is 13.0. The molecule has 1 atom stereocenters. The van der Waals surface area contributed by atoms with Crippen molar-refractivity contribution in [3.05, 3.63) is 65.5 Å². The highest BCUT2D eigenvalue weighted by Crippen LogP contribution is 2.13. The van der Waals surface area contributed by atoms with E-state index in [0.29, 0.717) is 11.3 Å². The molecule has 0 aliphatic heterocycles. The lowest BCUT2D eigenvalue weighted by molar-refractivity contribution is -0.118. The van der Waals surface area contributed by atoms with Gasteiger partial charge in [-0.05, 0) is 54.3 Å². The summed E-state index contributed by atoms with van der Waals surface area (Å²) in [4.78, 5) is 24.9. The number of rotatable bonds is 6. The lowest BCUT2D eigenvalue weighted by atomic mass is 10.0. The van der Waals surface area contributed by atoms with E-state index in [0.717, 1.165) is 12.0 Å². The molecule has 0 heterocycles. The van der Waals surface area contributed by atoms with Gasteiger partial charge in [0.25, 0.3) is 5.91 Å². The fourth-order valence-corrected chi connectivity index (χ4v) is 2.45. The average molecular weight is 342 g/mol. The van der Waals surface area contributed by atoms with Gasteiger partial charge in [0.15, 0.2) is 0 Å². The molecule has 132 valence electrons. The number of carbonyl (C=O) groups is 2. The van der Waals surface area contributed by atoms with Gasteiger partial charge in [0.05, 0.1) is 0 Å². The molecule has 0 aromatic heterocycles. The van der Waals surface area contributed by atoms with Crippen LogP contribution in [0.25, 0.3) is 0 Å². The third-order valence-corrected chi connectivity index (χ3v) is 3.94. The van der Waals surface area contributed by atoms with Crippen molar-refractivity contribution in [2.45, 2.75) is 33.2 Å². The van der Waals surface area contributed by atoms with Gasteiger partial charge in [0.1, 0.15) is 11.9 Å². The fourth-order valence-electron chi connectivity index (χ4n) is 2.45. The Balaban J connectivity index is 2.09. The second kappa shape index (κ2) is 8.42. The average Bonchev–Trinajstić information content (AvgIpc) is 2.59. The first-order chi connectivity index (χ1) is 11.9. The molecule has 0 spiro atoms. The molecule has 0 fully saturated rings. The molecule has 2 aromatic carbocycles. The van der Waals surface area contributed by atoms with Gasteiger partial charge in [0, 0.05) is 11.3 Å².